The summed E-state index contributed by atoms with van der Waals surface area (Å²) < 4.78 is 37.3. The maximum absolute atomic E-state index is 11.9. The fourth-order valence-electron chi connectivity index (χ4n) is 1.83. The van der Waals surface area contributed by atoms with Crippen LogP contribution in [-0.4, -0.2) is 76.3 Å². The number of carbonyl (C=O) groups is 1. The van der Waals surface area contributed by atoms with E-state index in [1.807, 2.05) is 51.5 Å². The number of quaternary nitrogens is 1. The summed E-state index contributed by atoms with van der Waals surface area (Å²) in [7, 11) is 2.67. The van der Waals surface area contributed by atoms with Gasteiger partial charge in [0.2, 0.25) is 0 Å². The first-order valence-electron chi connectivity index (χ1n) is 8.40. The van der Waals surface area contributed by atoms with E-state index in [0.717, 1.165) is 12.7 Å². The number of rotatable bonds is 12. The van der Waals surface area contributed by atoms with Gasteiger partial charge in [-0.1, -0.05) is 30.3 Å². The number of methoxy groups -OCH3 is 1. The predicted octanol–water partition coefficient (Wildman–Crippen LogP) is 2.19. The van der Waals surface area contributed by atoms with Gasteiger partial charge in [-0.15, -0.1) is 0 Å². The van der Waals surface area contributed by atoms with Gasteiger partial charge < -0.3 is 23.6 Å². The highest BCUT2D eigenvalue weighted by Gasteiger charge is 2.26. The lowest BCUT2D eigenvalue weighted by Crippen LogP contribution is -2.37. The van der Waals surface area contributed by atoms with E-state index >= 15 is 0 Å². The first kappa shape index (κ1) is 23.6. The molecule has 0 amide bonds. The average Bonchev–Trinajstić information content (AvgIpc) is 2.59. The highest BCUT2D eigenvalue weighted by Crippen LogP contribution is 2.43. The molecule has 0 heterocycles. The third kappa shape index (κ3) is 11.8. The normalized spacial score (nSPS) is 15.0. The SMILES string of the molecule is COC(=O)OC(COCc1ccccc1)COP(=O)(O)OCC[N+](C)(C)C. The number of hydrogen-bond donors (Lipinski definition) is 1. The predicted molar refractivity (Wildman–Crippen MR) is 98.0 cm³/mol. The fraction of sp³-hybridized carbons (Fsp3) is 0.588. The first-order chi connectivity index (χ1) is 12.6. The molecule has 154 valence electrons. The molecular weight excluding hydrogens is 377 g/mol. The lowest BCUT2D eigenvalue weighted by Gasteiger charge is -2.24. The summed E-state index contributed by atoms with van der Waals surface area (Å²) in [6.07, 6.45) is -1.87. The van der Waals surface area contributed by atoms with E-state index in [-0.39, 0.29) is 19.8 Å². The quantitative estimate of drug-likeness (QED) is 0.320. The van der Waals surface area contributed by atoms with Crippen LogP contribution in [0.2, 0.25) is 0 Å². The second-order valence-corrected chi connectivity index (χ2v) is 8.26. The summed E-state index contributed by atoms with van der Waals surface area (Å²) >= 11 is 0. The summed E-state index contributed by atoms with van der Waals surface area (Å²) in [5.74, 6) is 0. The summed E-state index contributed by atoms with van der Waals surface area (Å²) in [5, 5.41) is 0. The van der Waals surface area contributed by atoms with Crippen molar-refractivity contribution in [2.45, 2.75) is 12.7 Å². The van der Waals surface area contributed by atoms with Crippen LogP contribution in [0.15, 0.2) is 30.3 Å². The van der Waals surface area contributed by atoms with Crippen molar-refractivity contribution in [3.05, 3.63) is 35.9 Å². The van der Waals surface area contributed by atoms with E-state index in [1.54, 1.807) is 0 Å². The average molecular weight is 406 g/mol. The fourth-order valence-corrected chi connectivity index (χ4v) is 2.57. The molecular formula is C17H29NO8P+. The molecule has 0 aromatic heterocycles. The van der Waals surface area contributed by atoms with Crippen molar-refractivity contribution >= 4 is 14.0 Å². The number of nitrogens with zero attached hydrogens (tertiary/aromatic N) is 1. The molecule has 1 aromatic rings. The van der Waals surface area contributed by atoms with Crippen LogP contribution in [0.1, 0.15) is 5.56 Å². The van der Waals surface area contributed by atoms with Gasteiger partial charge in [0.1, 0.15) is 13.2 Å². The zero-order chi connectivity index (χ0) is 20.3. The minimum atomic E-state index is -4.27. The van der Waals surface area contributed by atoms with Gasteiger partial charge in [-0.2, -0.15) is 0 Å². The number of phosphoric ester groups is 1. The van der Waals surface area contributed by atoms with Gasteiger partial charge in [-0.05, 0) is 5.56 Å². The number of likely N-dealkylation sites (N-methyl/N-ethyl adjacent to an activating group) is 1. The van der Waals surface area contributed by atoms with Crippen LogP contribution in [-0.2, 0) is 34.4 Å². The van der Waals surface area contributed by atoms with Crippen LogP contribution in [0.5, 0.6) is 0 Å². The first-order valence-corrected chi connectivity index (χ1v) is 9.89. The topological polar surface area (TPSA) is 101 Å². The third-order valence-electron chi connectivity index (χ3n) is 3.28. The highest BCUT2D eigenvalue weighted by molar-refractivity contribution is 7.47. The zero-order valence-electron chi connectivity index (χ0n) is 16.2. The summed E-state index contributed by atoms with van der Waals surface area (Å²) in [5.41, 5.74) is 0.937. The number of benzene rings is 1. The van der Waals surface area contributed by atoms with Crippen LogP contribution in [0.25, 0.3) is 0 Å². The standard InChI is InChI=1S/C17H28NO8P/c1-18(2,3)10-11-24-27(20,21)25-14-16(26-17(19)22-4)13-23-12-15-8-6-5-7-9-15/h5-9,16H,10-14H2,1-4H3/p+1. The number of hydrogen-bond acceptors (Lipinski definition) is 7. The Morgan fingerprint density at radius 1 is 1.15 bits per heavy atom. The van der Waals surface area contributed by atoms with Gasteiger partial charge in [0.05, 0.1) is 48.1 Å². The van der Waals surface area contributed by atoms with Crippen LogP contribution in [0.4, 0.5) is 4.79 Å². The molecule has 0 saturated carbocycles. The smallest absolute Gasteiger partial charge is 0.438 e. The number of carbonyl (C=O) groups excluding carboxylic acids is 1. The molecule has 0 aliphatic carbocycles. The Hall–Kier alpha value is -1.48. The second kappa shape index (κ2) is 11.4. The van der Waals surface area contributed by atoms with Crippen LogP contribution in [0, 0.1) is 0 Å². The minimum Gasteiger partial charge on any atom is -0.438 e. The van der Waals surface area contributed by atoms with Crippen molar-refractivity contribution in [3.8, 4) is 0 Å². The van der Waals surface area contributed by atoms with E-state index in [4.69, 9.17) is 18.5 Å². The summed E-state index contributed by atoms with van der Waals surface area (Å²) in [4.78, 5) is 21.1. The van der Waals surface area contributed by atoms with Gasteiger partial charge in [0, 0.05) is 0 Å². The van der Waals surface area contributed by atoms with Crippen LogP contribution < -0.4 is 0 Å². The van der Waals surface area contributed by atoms with Crippen molar-refractivity contribution in [2.75, 3.05) is 54.6 Å². The van der Waals surface area contributed by atoms with E-state index in [0.29, 0.717) is 17.6 Å². The van der Waals surface area contributed by atoms with Gasteiger partial charge in [0.25, 0.3) is 0 Å². The van der Waals surface area contributed by atoms with E-state index in [9.17, 15) is 14.3 Å². The third-order valence-corrected chi connectivity index (χ3v) is 4.27. The number of phosphoric acid groups is 1. The second-order valence-electron chi connectivity index (χ2n) is 6.81. The Balaban J connectivity index is 2.47. The Bertz CT molecular complexity index is 605. The van der Waals surface area contributed by atoms with Crippen molar-refractivity contribution in [3.63, 3.8) is 0 Å². The highest BCUT2D eigenvalue weighted by atomic mass is 31.2. The van der Waals surface area contributed by atoms with Gasteiger partial charge >= 0.3 is 14.0 Å². The minimum absolute atomic E-state index is 0.0388. The van der Waals surface area contributed by atoms with Crippen molar-refractivity contribution in [2.24, 2.45) is 0 Å². The molecule has 0 radical (unpaired) electrons. The summed E-state index contributed by atoms with van der Waals surface area (Å²) in [6, 6.07) is 9.41. The molecule has 0 bridgehead atoms. The van der Waals surface area contributed by atoms with Gasteiger partial charge in [-0.25, -0.2) is 9.36 Å². The molecule has 0 saturated heterocycles. The molecule has 0 aliphatic rings. The maximum Gasteiger partial charge on any atom is 0.508 e. The van der Waals surface area contributed by atoms with Crippen LogP contribution >= 0.6 is 7.82 Å². The van der Waals surface area contributed by atoms with Gasteiger partial charge in [0.15, 0.2) is 6.10 Å². The van der Waals surface area contributed by atoms with Gasteiger partial charge in [-0.3, -0.25) is 9.05 Å². The Morgan fingerprint density at radius 3 is 2.41 bits per heavy atom. The monoisotopic (exact) mass is 406 g/mol. The molecule has 1 aromatic carbocycles. The van der Waals surface area contributed by atoms with Crippen molar-refractivity contribution in [1.29, 1.82) is 0 Å². The Labute approximate surface area is 159 Å². The summed E-state index contributed by atoms with van der Waals surface area (Å²) in [6.45, 7) is 0.448. The molecule has 0 aliphatic heterocycles. The molecule has 27 heavy (non-hydrogen) atoms. The number of ether oxygens (including phenoxy) is 3. The molecule has 1 rings (SSSR count). The Morgan fingerprint density at radius 2 is 1.81 bits per heavy atom. The van der Waals surface area contributed by atoms with E-state index < -0.39 is 20.1 Å². The van der Waals surface area contributed by atoms with Crippen molar-refractivity contribution < 1.29 is 42.0 Å². The van der Waals surface area contributed by atoms with E-state index in [2.05, 4.69) is 4.74 Å². The molecule has 0 spiro atoms. The lowest BCUT2D eigenvalue weighted by atomic mass is 10.2. The Kier molecular flexibility index (Phi) is 9.93. The molecule has 1 N–H and O–H groups in total. The molecule has 10 heteroatoms. The molecule has 2 unspecified atom stereocenters. The van der Waals surface area contributed by atoms with Crippen molar-refractivity contribution in [1.82, 2.24) is 0 Å². The largest absolute Gasteiger partial charge is 0.508 e. The molecule has 2 atom stereocenters. The zero-order valence-corrected chi connectivity index (χ0v) is 17.1. The maximum atomic E-state index is 11.9. The molecule has 0 fully saturated rings. The van der Waals surface area contributed by atoms with Crippen LogP contribution in [0.3, 0.4) is 0 Å². The lowest BCUT2D eigenvalue weighted by molar-refractivity contribution is -0.870. The van der Waals surface area contributed by atoms with E-state index in [1.165, 1.54) is 0 Å². The molecule has 9 nitrogen and oxygen atoms in total.